The molecule has 1 atom stereocenters. The van der Waals surface area contributed by atoms with E-state index in [9.17, 15) is 0 Å². The van der Waals surface area contributed by atoms with Gasteiger partial charge in [0.05, 0.1) is 13.2 Å². The number of nitrogens with two attached hydrogens (primary N) is 1. The van der Waals surface area contributed by atoms with E-state index in [-0.39, 0.29) is 6.04 Å². The molecular weight excluding hydrogens is 222 g/mol. The fraction of sp³-hybridized carbons (Fsp3) is 0.625. The number of rotatable bonds is 3. The zero-order valence-corrected chi connectivity index (χ0v) is 11.0. The molecule has 3 rings (SSSR count). The summed E-state index contributed by atoms with van der Waals surface area (Å²) < 4.78 is 5.46. The van der Waals surface area contributed by atoms with Crippen LogP contribution in [0.4, 0.5) is 0 Å². The van der Waals surface area contributed by atoms with Gasteiger partial charge in [-0.05, 0) is 29.0 Å². The summed E-state index contributed by atoms with van der Waals surface area (Å²) >= 11 is 0. The van der Waals surface area contributed by atoms with Gasteiger partial charge in [0.2, 0.25) is 0 Å². The minimum atomic E-state index is 0.207. The third kappa shape index (κ3) is 2.60. The summed E-state index contributed by atoms with van der Waals surface area (Å²) in [6.07, 6.45) is 8.12. The number of ether oxygens (including phenoxy) is 1. The van der Waals surface area contributed by atoms with Crippen LogP contribution < -0.4 is 5.73 Å². The highest BCUT2D eigenvalue weighted by Gasteiger charge is 2.19. The molecule has 2 aliphatic rings. The predicted molar refractivity (Wildman–Crippen MR) is 73.1 cm³/mol. The van der Waals surface area contributed by atoms with Crippen LogP contribution in [-0.4, -0.2) is 0 Å². The molecule has 2 heteroatoms. The van der Waals surface area contributed by atoms with Crippen molar-refractivity contribution in [2.75, 3.05) is 0 Å². The molecule has 18 heavy (non-hydrogen) atoms. The lowest BCUT2D eigenvalue weighted by Gasteiger charge is -2.25. The molecule has 0 saturated heterocycles. The van der Waals surface area contributed by atoms with Crippen molar-refractivity contribution >= 4 is 0 Å². The Balaban J connectivity index is 1.66. The smallest absolute Gasteiger partial charge is 0.0725 e. The average molecular weight is 245 g/mol. The Morgan fingerprint density at radius 3 is 2.72 bits per heavy atom. The predicted octanol–water partition coefficient (Wildman–Crippen LogP) is 3.69. The third-order valence-electron chi connectivity index (χ3n) is 4.49. The van der Waals surface area contributed by atoms with Crippen LogP contribution in [0.3, 0.4) is 0 Å². The van der Waals surface area contributed by atoms with E-state index in [4.69, 9.17) is 10.5 Å². The molecule has 1 aromatic carbocycles. The average Bonchev–Trinajstić information content (AvgIpc) is 2.87. The molecule has 1 unspecified atom stereocenters. The van der Waals surface area contributed by atoms with Gasteiger partial charge in [0.15, 0.2) is 0 Å². The van der Waals surface area contributed by atoms with Crippen LogP contribution in [0.5, 0.6) is 0 Å². The maximum atomic E-state index is 6.38. The van der Waals surface area contributed by atoms with E-state index in [1.807, 2.05) is 0 Å². The van der Waals surface area contributed by atoms with Crippen LogP contribution in [0.15, 0.2) is 18.2 Å². The van der Waals surface area contributed by atoms with Gasteiger partial charge in [-0.3, -0.25) is 0 Å². The number of hydrogen-bond acceptors (Lipinski definition) is 2. The van der Waals surface area contributed by atoms with Gasteiger partial charge in [0.1, 0.15) is 0 Å². The molecule has 2 nitrogen and oxygen atoms in total. The molecule has 0 aromatic heterocycles. The number of fused-ring (bicyclic) bond motifs is 1. The van der Waals surface area contributed by atoms with E-state index in [0.717, 1.165) is 25.6 Å². The molecule has 98 valence electrons. The highest BCUT2D eigenvalue weighted by Crippen LogP contribution is 2.32. The van der Waals surface area contributed by atoms with Crippen molar-refractivity contribution in [2.24, 2.45) is 11.7 Å². The van der Waals surface area contributed by atoms with Crippen molar-refractivity contribution in [3.63, 3.8) is 0 Å². The summed E-state index contributed by atoms with van der Waals surface area (Å²) in [5.41, 5.74) is 10.4. The first-order chi connectivity index (χ1) is 8.83. The van der Waals surface area contributed by atoms with Crippen LogP contribution in [0.2, 0.25) is 0 Å². The molecule has 1 saturated carbocycles. The Labute approximate surface area is 110 Å². The van der Waals surface area contributed by atoms with Crippen molar-refractivity contribution in [1.82, 2.24) is 0 Å². The molecule has 2 N–H and O–H groups in total. The lowest BCUT2D eigenvalue weighted by Crippen LogP contribution is -2.17. The maximum absolute atomic E-state index is 6.38. The molecule has 1 aliphatic carbocycles. The quantitative estimate of drug-likeness (QED) is 0.881. The largest absolute Gasteiger partial charge is 0.372 e. The fourth-order valence-corrected chi connectivity index (χ4v) is 3.34. The highest BCUT2D eigenvalue weighted by molar-refractivity contribution is 5.34. The summed E-state index contributed by atoms with van der Waals surface area (Å²) in [5.74, 6) is 0.846. The van der Waals surface area contributed by atoms with Crippen molar-refractivity contribution in [2.45, 2.75) is 57.8 Å². The molecule has 1 fully saturated rings. The summed E-state index contributed by atoms with van der Waals surface area (Å²) in [7, 11) is 0. The van der Waals surface area contributed by atoms with E-state index in [1.165, 1.54) is 48.8 Å². The Morgan fingerprint density at radius 2 is 1.89 bits per heavy atom. The first-order valence-corrected chi connectivity index (χ1v) is 7.28. The Bertz CT molecular complexity index is 410. The summed E-state index contributed by atoms with van der Waals surface area (Å²) in [4.78, 5) is 0. The van der Waals surface area contributed by atoms with Crippen LogP contribution in [0, 0.1) is 5.92 Å². The Morgan fingerprint density at radius 1 is 1.11 bits per heavy atom. The maximum Gasteiger partial charge on any atom is 0.0725 e. The van der Waals surface area contributed by atoms with E-state index in [2.05, 4.69) is 18.2 Å². The molecule has 1 aliphatic heterocycles. The summed E-state index contributed by atoms with van der Waals surface area (Å²) in [5, 5.41) is 0. The molecule has 0 spiro atoms. The lowest BCUT2D eigenvalue weighted by molar-refractivity contribution is 0.134. The van der Waals surface area contributed by atoms with Gasteiger partial charge >= 0.3 is 0 Å². The molecule has 0 bridgehead atoms. The van der Waals surface area contributed by atoms with Crippen molar-refractivity contribution in [3.8, 4) is 0 Å². The monoisotopic (exact) mass is 245 g/mol. The van der Waals surface area contributed by atoms with Gasteiger partial charge in [0, 0.05) is 6.04 Å². The highest BCUT2D eigenvalue weighted by atomic mass is 16.5. The van der Waals surface area contributed by atoms with Crippen LogP contribution >= 0.6 is 0 Å². The first kappa shape index (κ1) is 12.2. The van der Waals surface area contributed by atoms with Gasteiger partial charge in [-0.2, -0.15) is 0 Å². The second-order valence-corrected chi connectivity index (χ2v) is 5.87. The van der Waals surface area contributed by atoms with Gasteiger partial charge < -0.3 is 10.5 Å². The topological polar surface area (TPSA) is 35.2 Å². The Kier molecular flexibility index (Phi) is 3.67. The SMILES string of the molecule is NC(CC1CCCCC1)c1ccc2c(c1)COC2. The molecule has 0 radical (unpaired) electrons. The van der Waals surface area contributed by atoms with Crippen molar-refractivity contribution < 1.29 is 4.74 Å². The van der Waals surface area contributed by atoms with Gasteiger partial charge in [-0.15, -0.1) is 0 Å². The molecule has 1 aromatic rings. The number of hydrogen-bond donors (Lipinski definition) is 1. The normalized spacial score (nSPS) is 21.8. The third-order valence-corrected chi connectivity index (χ3v) is 4.49. The van der Waals surface area contributed by atoms with E-state index in [1.54, 1.807) is 0 Å². The first-order valence-electron chi connectivity index (χ1n) is 7.28. The van der Waals surface area contributed by atoms with Gasteiger partial charge in [-0.1, -0.05) is 50.3 Å². The molecule has 1 heterocycles. The standard InChI is InChI=1S/C16H23NO/c17-16(8-12-4-2-1-3-5-12)13-6-7-14-10-18-11-15(14)9-13/h6-7,9,12,16H,1-5,8,10-11,17H2. The van der Waals surface area contributed by atoms with E-state index >= 15 is 0 Å². The number of benzene rings is 1. The zero-order chi connectivity index (χ0) is 12.4. The lowest BCUT2D eigenvalue weighted by atomic mass is 9.83. The minimum absolute atomic E-state index is 0.207. The second-order valence-electron chi connectivity index (χ2n) is 5.87. The van der Waals surface area contributed by atoms with Gasteiger partial charge in [0.25, 0.3) is 0 Å². The van der Waals surface area contributed by atoms with E-state index in [0.29, 0.717) is 0 Å². The molecular formula is C16H23NO. The van der Waals surface area contributed by atoms with E-state index < -0.39 is 0 Å². The zero-order valence-electron chi connectivity index (χ0n) is 11.0. The molecule has 0 amide bonds. The fourth-order valence-electron chi connectivity index (χ4n) is 3.34. The van der Waals surface area contributed by atoms with Gasteiger partial charge in [-0.25, -0.2) is 0 Å². The Hall–Kier alpha value is -0.860. The van der Waals surface area contributed by atoms with Crippen LogP contribution in [0.25, 0.3) is 0 Å². The minimum Gasteiger partial charge on any atom is -0.372 e. The van der Waals surface area contributed by atoms with Crippen molar-refractivity contribution in [1.29, 1.82) is 0 Å². The van der Waals surface area contributed by atoms with Crippen molar-refractivity contribution in [3.05, 3.63) is 34.9 Å². The second kappa shape index (κ2) is 5.41. The summed E-state index contributed by atoms with van der Waals surface area (Å²) in [6.45, 7) is 1.53. The van der Waals surface area contributed by atoms with Crippen LogP contribution in [0.1, 0.15) is 61.3 Å². The van der Waals surface area contributed by atoms with Crippen LogP contribution in [-0.2, 0) is 18.0 Å². The summed E-state index contributed by atoms with van der Waals surface area (Å²) in [6, 6.07) is 6.86.